The van der Waals surface area contributed by atoms with E-state index in [1.165, 1.54) is 0 Å². The van der Waals surface area contributed by atoms with E-state index in [1.807, 2.05) is 0 Å². The van der Waals surface area contributed by atoms with Gasteiger partial charge in [-0.15, -0.1) is 0 Å². The first-order chi connectivity index (χ1) is 15.0. The highest BCUT2D eigenvalue weighted by molar-refractivity contribution is 6.00. The lowest BCUT2D eigenvalue weighted by Gasteiger charge is -2.23. The van der Waals surface area contributed by atoms with E-state index < -0.39 is 5.91 Å². The molecule has 2 amide bonds. The lowest BCUT2D eigenvalue weighted by atomic mass is 10.1. The van der Waals surface area contributed by atoms with Crippen molar-refractivity contribution in [2.45, 2.75) is 18.9 Å². The zero-order valence-corrected chi connectivity index (χ0v) is 17.2. The molecule has 31 heavy (non-hydrogen) atoms. The summed E-state index contributed by atoms with van der Waals surface area (Å²) in [5.41, 5.74) is 6.60. The maximum Gasteiger partial charge on any atom is 0.258 e. The minimum absolute atomic E-state index is 0.0689. The van der Waals surface area contributed by atoms with Gasteiger partial charge in [0.2, 0.25) is 0 Å². The largest absolute Gasteiger partial charge is 0.484 e. The van der Waals surface area contributed by atoms with Crippen molar-refractivity contribution < 1.29 is 23.8 Å². The third kappa shape index (κ3) is 4.95. The van der Waals surface area contributed by atoms with Gasteiger partial charge in [0, 0.05) is 37.8 Å². The van der Waals surface area contributed by atoms with Crippen LogP contribution in [0, 0.1) is 0 Å². The Morgan fingerprint density at radius 2 is 1.90 bits per heavy atom. The van der Waals surface area contributed by atoms with E-state index in [9.17, 15) is 9.59 Å². The molecular formula is C22H24N4O5. The molecule has 3 N–H and O–H groups in total. The molecule has 1 aliphatic heterocycles. The maximum absolute atomic E-state index is 12.1. The van der Waals surface area contributed by atoms with Gasteiger partial charge in [0.15, 0.2) is 6.61 Å². The average Bonchev–Trinajstić information content (AvgIpc) is 3.13. The molecule has 2 heterocycles. The number of rotatable bonds is 7. The molecule has 9 nitrogen and oxygen atoms in total. The van der Waals surface area contributed by atoms with Crippen molar-refractivity contribution in [1.29, 1.82) is 0 Å². The van der Waals surface area contributed by atoms with Crippen molar-refractivity contribution in [1.82, 2.24) is 15.1 Å². The molecule has 3 aromatic rings. The number of hydrogen-bond donors (Lipinski definition) is 2. The summed E-state index contributed by atoms with van der Waals surface area (Å²) in [6, 6.07) is 10.3. The molecule has 0 spiro atoms. The molecule has 1 aliphatic rings. The van der Waals surface area contributed by atoms with Gasteiger partial charge in [0.05, 0.1) is 17.3 Å². The fourth-order valence-corrected chi connectivity index (χ4v) is 3.45. The first kappa shape index (κ1) is 20.7. The second kappa shape index (κ2) is 9.05. The smallest absolute Gasteiger partial charge is 0.258 e. The second-order valence-electron chi connectivity index (χ2n) is 7.36. The van der Waals surface area contributed by atoms with Gasteiger partial charge in [-0.2, -0.15) is 5.10 Å². The van der Waals surface area contributed by atoms with Crippen LogP contribution in [-0.4, -0.2) is 47.5 Å². The summed E-state index contributed by atoms with van der Waals surface area (Å²) in [7, 11) is 1.81. The number of primary amides is 1. The monoisotopic (exact) mass is 424 g/mol. The van der Waals surface area contributed by atoms with Crippen LogP contribution in [0.5, 0.6) is 17.2 Å². The Morgan fingerprint density at radius 1 is 1.19 bits per heavy atom. The zero-order valence-electron chi connectivity index (χ0n) is 17.2. The van der Waals surface area contributed by atoms with Crippen molar-refractivity contribution in [3.8, 4) is 17.2 Å². The number of nitrogens with zero attached hydrogens (tertiary/aromatic N) is 2. The van der Waals surface area contributed by atoms with Gasteiger partial charge in [-0.25, -0.2) is 0 Å². The van der Waals surface area contributed by atoms with Crippen molar-refractivity contribution >= 4 is 22.7 Å². The molecule has 1 saturated heterocycles. The van der Waals surface area contributed by atoms with Crippen molar-refractivity contribution in [2.24, 2.45) is 12.8 Å². The van der Waals surface area contributed by atoms with Gasteiger partial charge in [-0.3, -0.25) is 14.3 Å². The van der Waals surface area contributed by atoms with Gasteiger partial charge in [-0.1, -0.05) is 0 Å². The first-order valence-electron chi connectivity index (χ1n) is 10.0. The standard InChI is InChI=1S/C22H24N4O5/c1-26-19-11-20(18(22(23)28)10-14(19)12-24-26)31-17-4-2-16(3-5-17)30-13-21(27)25-15-6-8-29-9-7-15/h2-5,10-12,15H,6-9,13H2,1H3,(H2,23,28)(H,25,27). The van der Waals surface area contributed by atoms with Gasteiger partial charge in [0.25, 0.3) is 11.8 Å². The van der Waals surface area contributed by atoms with Crippen LogP contribution < -0.4 is 20.5 Å². The van der Waals surface area contributed by atoms with Crippen molar-refractivity contribution in [3.05, 3.63) is 48.2 Å². The topological polar surface area (TPSA) is 118 Å². The Labute approximate surface area is 179 Å². The van der Waals surface area contributed by atoms with Crippen LogP contribution in [0.15, 0.2) is 42.6 Å². The molecule has 0 atom stereocenters. The fraction of sp³-hybridized carbons (Fsp3) is 0.318. The van der Waals surface area contributed by atoms with E-state index in [0.29, 0.717) is 30.5 Å². The second-order valence-corrected chi connectivity index (χ2v) is 7.36. The van der Waals surface area contributed by atoms with E-state index in [-0.39, 0.29) is 24.1 Å². The number of benzene rings is 2. The van der Waals surface area contributed by atoms with Gasteiger partial charge in [-0.05, 0) is 43.2 Å². The van der Waals surface area contributed by atoms with Crippen LogP contribution in [0.3, 0.4) is 0 Å². The van der Waals surface area contributed by atoms with Crippen molar-refractivity contribution in [3.63, 3.8) is 0 Å². The first-order valence-corrected chi connectivity index (χ1v) is 10.0. The van der Waals surface area contributed by atoms with E-state index >= 15 is 0 Å². The van der Waals surface area contributed by atoms with E-state index in [4.69, 9.17) is 19.9 Å². The summed E-state index contributed by atoms with van der Waals surface area (Å²) in [6.07, 6.45) is 3.29. The van der Waals surface area contributed by atoms with Gasteiger partial charge < -0.3 is 25.3 Å². The summed E-state index contributed by atoms with van der Waals surface area (Å²) < 4.78 is 18.4. The van der Waals surface area contributed by atoms with Crippen LogP contribution in [0.4, 0.5) is 0 Å². The summed E-state index contributed by atoms with van der Waals surface area (Å²) in [4.78, 5) is 23.9. The fourth-order valence-electron chi connectivity index (χ4n) is 3.45. The Kier molecular flexibility index (Phi) is 6.03. The predicted octanol–water partition coefficient (Wildman–Crippen LogP) is 2.14. The summed E-state index contributed by atoms with van der Waals surface area (Å²) >= 11 is 0. The van der Waals surface area contributed by atoms with Crippen LogP contribution >= 0.6 is 0 Å². The van der Waals surface area contributed by atoms with E-state index in [2.05, 4.69) is 10.4 Å². The Morgan fingerprint density at radius 3 is 2.61 bits per heavy atom. The van der Waals surface area contributed by atoms with E-state index in [0.717, 1.165) is 23.7 Å². The molecule has 4 rings (SSSR count). The molecule has 1 aromatic heterocycles. The molecular weight excluding hydrogens is 400 g/mol. The number of nitrogens with one attached hydrogen (secondary N) is 1. The number of aryl methyl sites for hydroxylation is 1. The molecule has 0 radical (unpaired) electrons. The third-order valence-corrected chi connectivity index (χ3v) is 5.12. The number of fused-ring (bicyclic) bond motifs is 1. The number of carbonyl (C=O) groups is 2. The van der Waals surface area contributed by atoms with Crippen LogP contribution in [-0.2, 0) is 16.6 Å². The number of nitrogens with two attached hydrogens (primary N) is 1. The van der Waals surface area contributed by atoms with Crippen LogP contribution in [0.2, 0.25) is 0 Å². The van der Waals surface area contributed by atoms with Crippen LogP contribution in [0.1, 0.15) is 23.2 Å². The SMILES string of the molecule is Cn1ncc2cc(C(N)=O)c(Oc3ccc(OCC(=O)NC4CCOCC4)cc3)cc21. The Balaban J connectivity index is 1.39. The molecule has 0 unspecified atom stereocenters. The van der Waals surface area contributed by atoms with Gasteiger partial charge in [0.1, 0.15) is 17.2 Å². The minimum Gasteiger partial charge on any atom is -0.484 e. The molecule has 9 heteroatoms. The number of amides is 2. The summed E-state index contributed by atoms with van der Waals surface area (Å²) in [6.45, 7) is 1.26. The molecule has 0 aliphatic carbocycles. The number of ether oxygens (including phenoxy) is 3. The maximum atomic E-state index is 12.1. The highest BCUT2D eigenvalue weighted by atomic mass is 16.5. The third-order valence-electron chi connectivity index (χ3n) is 5.12. The quantitative estimate of drug-likeness (QED) is 0.600. The summed E-state index contributed by atoms with van der Waals surface area (Å²) in [5, 5.41) is 7.93. The highest BCUT2D eigenvalue weighted by Gasteiger charge is 2.17. The molecule has 2 aromatic carbocycles. The minimum atomic E-state index is -0.587. The van der Waals surface area contributed by atoms with Crippen LogP contribution in [0.25, 0.3) is 10.9 Å². The normalized spacial score (nSPS) is 14.4. The lowest BCUT2D eigenvalue weighted by Crippen LogP contribution is -2.41. The van der Waals surface area contributed by atoms with Gasteiger partial charge >= 0.3 is 0 Å². The Hall–Kier alpha value is -3.59. The van der Waals surface area contributed by atoms with Crippen molar-refractivity contribution in [2.75, 3.05) is 19.8 Å². The molecule has 0 bridgehead atoms. The zero-order chi connectivity index (χ0) is 21.8. The average molecular weight is 424 g/mol. The molecule has 1 fully saturated rings. The molecule has 162 valence electrons. The highest BCUT2D eigenvalue weighted by Crippen LogP contribution is 2.30. The number of carbonyl (C=O) groups excluding carboxylic acids is 2. The predicted molar refractivity (Wildman–Crippen MR) is 113 cm³/mol. The van der Waals surface area contributed by atoms with E-state index in [1.54, 1.807) is 54.3 Å². The lowest BCUT2D eigenvalue weighted by molar-refractivity contribution is -0.124. The number of hydrogen-bond acceptors (Lipinski definition) is 6. The summed E-state index contributed by atoms with van der Waals surface area (Å²) in [5.74, 6) is 0.627. The Bertz CT molecular complexity index is 1090. The number of aromatic nitrogens is 2. The molecule has 0 saturated carbocycles.